The van der Waals surface area contributed by atoms with Gasteiger partial charge in [0.15, 0.2) is 5.79 Å². The smallest absolute Gasteiger partial charge is 0.171 e. The zero-order chi connectivity index (χ0) is 15.7. The van der Waals surface area contributed by atoms with Gasteiger partial charge >= 0.3 is 0 Å². The molecule has 23 heavy (non-hydrogen) atoms. The molecular weight excluding hydrogens is 292 g/mol. The first kappa shape index (κ1) is 14.5. The minimum absolute atomic E-state index is 0.356. The second kappa shape index (κ2) is 5.86. The van der Waals surface area contributed by atoms with Crippen LogP contribution in [0.3, 0.4) is 0 Å². The molecule has 0 unspecified atom stereocenters. The molecule has 2 aliphatic heterocycles. The van der Waals surface area contributed by atoms with Crippen LogP contribution < -0.4 is 4.90 Å². The first-order valence-corrected chi connectivity index (χ1v) is 8.03. The molecule has 0 radical (unpaired) electrons. The zero-order valence-electron chi connectivity index (χ0n) is 13.2. The van der Waals surface area contributed by atoms with Crippen LogP contribution >= 0.6 is 0 Å². The van der Waals surface area contributed by atoms with Gasteiger partial charge in [0.2, 0.25) is 0 Å². The van der Waals surface area contributed by atoms with E-state index in [4.69, 9.17) is 9.47 Å². The number of nitrogens with zero attached hydrogens (tertiary/aromatic N) is 4. The molecular formula is C17H20N4O2. The van der Waals surface area contributed by atoms with Gasteiger partial charge in [-0.15, -0.1) is 0 Å². The molecule has 0 saturated carbocycles. The Bertz CT molecular complexity index is 676. The summed E-state index contributed by atoms with van der Waals surface area (Å²) in [7, 11) is 0. The van der Waals surface area contributed by atoms with Gasteiger partial charge in [0, 0.05) is 50.0 Å². The summed E-state index contributed by atoms with van der Waals surface area (Å²) in [5, 5.41) is 0. The van der Waals surface area contributed by atoms with Gasteiger partial charge in [-0.3, -0.25) is 4.98 Å². The van der Waals surface area contributed by atoms with E-state index in [0.717, 1.165) is 48.8 Å². The summed E-state index contributed by atoms with van der Waals surface area (Å²) < 4.78 is 11.6. The number of hydrogen-bond donors (Lipinski definition) is 0. The van der Waals surface area contributed by atoms with Gasteiger partial charge in [-0.1, -0.05) is 0 Å². The van der Waals surface area contributed by atoms with Crippen LogP contribution in [0, 0.1) is 6.92 Å². The predicted molar refractivity (Wildman–Crippen MR) is 86.1 cm³/mol. The number of aromatic nitrogens is 3. The number of hydrogen-bond acceptors (Lipinski definition) is 6. The topological polar surface area (TPSA) is 60.4 Å². The highest BCUT2D eigenvalue weighted by atomic mass is 16.7. The van der Waals surface area contributed by atoms with E-state index in [0.29, 0.717) is 13.2 Å². The molecule has 6 nitrogen and oxygen atoms in total. The maximum atomic E-state index is 5.79. The van der Waals surface area contributed by atoms with Crippen LogP contribution in [-0.2, 0) is 9.47 Å². The number of anilines is 1. The van der Waals surface area contributed by atoms with E-state index in [1.807, 2.05) is 31.3 Å². The van der Waals surface area contributed by atoms with Crippen LogP contribution in [0.2, 0.25) is 0 Å². The van der Waals surface area contributed by atoms with Crippen LogP contribution in [0.1, 0.15) is 18.7 Å². The summed E-state index contributed by atoms with van der Waals surface area (Å²) in [5.74, 6) is 1.38. The van der Waals surface area contributed by atoms with Crippen molar-refractivity contribution in [2.45, 2.75) is 25.6 Å². The number of aryl methyl sites for hydroxylation is 1. The summed E-state index contributed by atoms with van der Waals surface area (Å²) in [6, 6.07) is 5.98. The van der Waals surface area contributed by atoms with E-state index in [-0.39, 0.29) is 5.79 Å². The van der Waals surface area contributed by atoms with Crippen LogP contribution in [-0.4, -0.2) is 47.0 Å². The van der Waals surface area contributed by atoms with Crippen LogP contribution in [0.15, 0.2) is 30.6 Å². The average Bonchev–Trinajstić information content (AvgIpc) is 3.04. The van der Waals surface area contributed by atoms with Crippen molar-refractivity contribution in [1.82, 2.24) is 15.0 Å². The second-order valence-electron chi connectivity index (χ2n) is 5.99. The van der Waals surface area contributed by atoms with Gasteiger partial charge in [0.05, 0.1) is 18.9 Å². The predicted octanol–water partition coefficient (Wildman–Crippen LogP) is 2.19. The van der Waals surface area contributed by atoms with E-state index >= 15 is 0 Å². The molecule has 6 heteroatoms. The fraction of sp³-hybridized carbons (Fsp3) is 0.471. The minimum atomic E-state index is -0.356. The minimum Gasteiger partial charge on any atom is -0.356 e. The van der Waals surface area contributed by atoms with Crippen molar-refractivity contribution < 1.29 is 9.47 Å². The summed E-state index contributed by atoms with van der Waals surface area (Å²) in [6.45, 7) is 5.10. The molecule has 2 aliphatic rings. The highest BCUT2D eigenvalue weighted by Gasteiger charge is 2.40. The molecule has 0 aliphatic carbocycles. The number of ether oxygens (including phenoxy) is 2. The number of piperidine rings is 1. The van der Waals surface area contributed by atoms with Crippen molar-refractivity contribution in [1.29, 1.82) is 0 Å². The fourth-order valence-electron chi connectivity index (χ4n) is 3.24. The van der Waals surface area contributed by atoms with Gasteiger partial charge in [0.25, 0.3) is 0 Å². The lowest BCUT2D eigenvalue weighted by atomic mass is 10.0. The second-order valence-corrected chi connectivity index (χ2v) is 5.99. The monoisotopic (exact) mass is 312 g/mol. The Morgan fingerprint density at radius 1 is 1.13 bits per heavy atom. The van der Waals surface area contributed by atoms with Gasteiger partial charge in [-0.25, -0.2) is 9.97 Å². The Balaban J connectivity index is 1.56. The highest BCUT2D eigenvalue weighted by molar-refractivity contribution is 5.62. The molecule has 0 bridgehead atoms. The van der Waals surface area contributed by atoms with Crippen LogP contribution in [0.25, 0.3) is 11.3 Å². The molecule has 2 aromatic heterocycles. The van der Waals surface area contributed by atoms with Crippen molar-refractivity contribution in [2.75, 3.05) is 31.2 Å². The quantitative estimate of drug-likeness (QED) is 0.847. The van der Waals surface area contributed by atoms with E-state index < -0.39 is 0 Å². The third kappa shape index (κ3) is 2.92. The zero-order valence-corrected chi connectivity index (χ0v) is 13.2. The van der Waals surface area contributed by atoms with Gasteiger partial charge in [0.1, 0.15) is 11.6 Å². The molecule has 1 spiro atoms. The van der Waals surface area contributed by atoms with Crippen molar-refractivity contribution in [3.63, 3.8) is 0 Å². The maximum absolute atomic E-state index is 5.79. The first-order chi connectivity index (χ1) is 11.2. The van der Waals surface area contributed by atoms with Gasteiger partial charge in [-0.05, 0) is 19.1 Å². The highest BCUT2D eigenvalue weighted by Crippen LogP contribution is 2.33. The Morgan fingerprint density at radius 3 is 2.61 bits per heavy atom. The van der Waals surface area contributed by atoms with Crippen molar-refractivity contribution in [2.24, 2.45) is 0 Å². The fourth-order valence-corrected chi connectivity index (χ4v) is 3.24. The molecule has 0 aromatic carbocycles. The summed E-state index contributed by atoms with van der Waals surface area (Å²) in [6.07, 6.45) is 5.34. The standard InChI is InChI=1S/C17H20N4O2/c1-13-19-15(14-3-2-6-18-12-14)11-16(20-13)21-7-4-17(5-8-21)22-9-10-23-17/h2-3,6,11-12H,4-5,7-10H2,1H3. The normalized spacial score (nSPS) is 20.1. The lowest BCUT2D eigenvalue weighted by Crippen LogP contribution is -2.45. The Labute approximate surface area is 135 Å². The van der Waals surface area contributed by atoms with E-state index in [1.165, 1.54) is 0 Å². The van der Waals surface area contributed by atoms with Gasteiger partial charge in [-0.2, -0.15) is 0 Å². The summed E-state index contributed by atoms with van der Waals surface area (Å²) in [4.78, 5) is 15.6. The number of pyridine rings is 1. The van der Waals surface area contributed by atoms with E-state index in [1.54, 1.807) is 6.20 Å². The van der Waals surface area contributed by atoms with Crippen molar-refractivity contribution in [3.05, 3.63) is 36.4 Å². The molecule has 4 rings (SSSR count). The Hall–Kier alpha value is -2.05. The van der Waals surface area contributed by atoms with E-state index in [9.17, 15) is 0 Å². The third-order valence-corrected chi connectivity index (χ3v) is 4.44. The molecule has 2 fully saturated rings. The largest absolute Gasteiger partial charge is 0.356 e. The molecule has 2 saturated heterocycles. The molecule has 2 aromatic rings. The Morgan fingerprint density at radius 2 is 1.91 bits per heavy atom. The SMILES string of the molecule is Cc1nc(-c2cccnc2)cc(N2CCC3(CC2)OCCO3)n1. The van der Waals surface area contributed by atoms with Crippen LogP contribution in [0.4, 0.5) is 5.82 Å². The average molecular weight is 312 g/mol. The van der Waals surface area contributed by atoms with Gasteiger partial charge < -0.3 is 14.4 Å². The Kier molecular flexibility index (Phi) is 3.71. The molecule has 0 N–H and O–H groups in total. The maximum Gasteiger partial charge on any atom is 0.171 e. The molecule has 4 heterocycles. The molecule has 0 amide bonds. The lowest BCUT2D eigenvalue weighted by molar-refractivity contribution is -0.169. The van der Waals surface area contributed by atoms with Crippen molar-refractivity contribution >= 4 is 5.82 Å². The van der Waals surface area contributed by atoms with Crippen molar-refractivity contribution in [3.8, 4) is 11.3 Å². The lowest BCUT2D eigenvalue weighted by Gasteiger charge is -2.38. The summed E-state index contributed by atoms with van der Waals surface area (Å²) in [5.41, 5.74) is 1.92. The summed E-state index contributed by atoms with van der Waals surface area (Å²) >= 11 is 0. The van der Waals surface area contributed by atoms with E-state index in [2.05, 4.69) is 19.9 Å². The third-order valence-electron chi connectivity index (χ3n) is 4.44. The molecule has 120 valence electrons. The molecule has 0 atom stereocenters. The first-order valence-electron chi connectivity index (χ1n) is 8.03. The van der Waals surface area contributed by atoms with Crippen LogP contribution in [0.5, 0.6) is 0 Å². The number of rotatable bonds is 2.